The van der Waals surface area contributed by atoms with Crippen LogP contribution in [0.4, 0.5) is 5.69 Å². The van der Waals surface area contributed by atoms with Crippen LogP contribution < -0.4 is 9.03 Å². The summed E-state index contributed by atoms with van der Waals surface area (Å²) in [7, 11) is 0. The van der Waals surface area contributed by atoms with Gasteiger partial charge in [0, 0.05) is 4.90 Å². The standard InChI is InChI=1S/C11H14N2O3S2/c1-3-17-10-5-9(14)8(4-7(10)2)13-6-11(15)12-18(13)16/h4-5,14H,3,6H2,1-2H3,(H,12,15). The second-order valence-electron chi connectivity index (χ2n) is 3.85. The predicted octanol–water partition coefficient (Wildman–Crippen LogP) is 1.33. The summed E-state index contributed by atoms with van der Waals surface area (Å²) in [6, 6.07) is 3.41. The summed E-state index contributed by atoms with van der Waals surface area (Å²) in [4.78, 5) is 12.2. The van der Waals surface area contributed by atoms with Crippen molar-refractivity contribution in [2.75, 3.05) is 16.6 Å². The highest BCUT2D eigenvalue weighted by molar-refractivity contribution is 7.99. The highest BCUT2D eigenvalue weighted by atomic mass is 32.2. The number of nitrogens with one attached hydrogen (secondary N) is 1. The number of hydrogen-bond donors (Lipinski definition) is 2. The maximum absolute atomic E-state index is 11.6. The van der Waals surface area contributed by atoms with Crippen LogP contribution in [0.1, 0.15) is 12.5 Å². The van der Waals surface area contributed by atoms with Crippen LogP contribution in [0, 0.1) is 6.92 Å². The third kappa shape index (κ3) is 2.46. The van der Waals surface area contributed by atoms with Gasteiger partial charge in [0.05, 0.1) is 5.69 Å². The van der Waals surface area contributed by atoms with Gasteiger partial charge in [-0.25, -0.2) is 4.21 Å². The maximum Gasteiger partial charge on any atom is 0.253 e. The van der Waals surface area contributed by atoms with Gasteiger partial charge >= 0.3 is 0 Å². The van der Waals surface area contributed by atoms with Crippen LogP contribution >= 0.6 is 11.8 Å². The van der Waals surface area contributed by atoms with Crippen molar-refractivity contribution < 1.29 is 14.1 Å². The minimum Gasteiger partial charge on any atom is -0.506 e. The molecule has 0 radical (unpaired) electrons. The summed E-state index contributed by atoms with van der Waals surface area (Å²) in [5, 5.41) is 9.98. The Morgan fingerprint density at radius 2 is 2.28 bits per heavy atom. The van der Waals surface area contributed by atoms with Crippen molar-refractivity contribution in [1.82, 2.24) is 4.72 Å². The van der Waals surface area contributed by atoms with Gasteiger partial charge in [0.1, 0.15) is 12.3 Å². The van der Waals surface area contributed by atoms with Crippen molar-refractivity contribution in [3.63, 3.8) is 0 Å². The molecule has 5 nitrogen and oxygen atoms in total. The van der Waals surface area contributed by atoms with Crippen molar-refractivity contribution in [2.24, 2.45) is 0 Å². The molecule has 2 N–H and O–H groups in total. The van der Waals surface area contributed by atoms with Gasteiger partial charge in [-0.1, -0.05) is 6.92 Å². The molecule has 0 bridgehead atoms. The van der Waals surface area contributed by atoms with Gasteiger partial charge < -0.3 is 5.11 Å². The number of carbonyl (C=O) groups excluding carboxylic acids is 1. The van der Waals surface area contributed by atoms with Crippen LogP contribution in [-0.4, -0.2) is 27.5 Å². The molecule has 18 heavy (non-hydrogen) atoms. The number of aromatic hydroxyl groups is 1. The Hall–Kier alpha value is -1.21. The summed E-state index contributed by atoms with van der Waals surface area (Å²) in [6.07, 6.45) is 0. The molecule has 7 heteroatoms. The minimum absolute atomic E-state index is 0.000121. The molecule has 1 amide bonds. The monoisotopic (exact) mass is 286 g/mol. The van der Waals surface area contributed by atoms with Crippen LogP contribution in [0.25, 0.3) is 0 Å². The van der Waals surface area contributed by atoms with E-state index in [0.717, 1.165) is 16.2 Å². The number of amides is 1. The first-order valence-electron chi connectivity index (χ1n) is 5.48. The second-order valence-corrected chi connectivity index (χ2v) is 6.30. The van der Waals surface area contributed by atoms with Crippen molar-refractivity contribution in [3.8, 4) is 5.75 Å². The normalized spacial score (nSPS) is 19.1. The molecule has 98 valence electrons. The van der Waals surface area contributed by atoms with Gasteiger partial charge in [-0.05, 0) is 30.4 Å². The lowest BCUT2D eigenvalue weighted by Gasteiger charge is -2.17. The third-order valence-electron chi connectivity index (χ3n) is 2.53. The maximum atomic E-state index is 11.6. The SMILES string of the molecule is CCSc1cc(O)c(N2CC(=O)NS2=O)cc1C. The van der Waals surface area contributed by atoms with Crippen LogP contribution in [-0.2, 0) is 16.0 Å². The number of phenolic OH excluding ortho intramolecular Hbond substituents is 1. The number of rotatable bonds is 3. The summed E-state index contributed by atoms with van der Waals surface area (Å²) < 4.78 is 15.3. The fraction of sp³-hybridized carbons (Fsp3) is 0.364. The number of aryl methyl sites for hydroxylation is 1. The predicted molar refractivity (Wildman–Crippen MR) is 72.9 cm³/mol. The van der Waals surface area contributed by atoms with Gasteiger partial charge in [-0.3, -0.25) is 13.8 Å². The van der Waals surface area contributed by atoms with Crippen LogP contribution in [0.2, 0.25) is 0 Å². The molecule has 0 aromatic heterocycles. The fourth-order valence-electron chi connectivity index (χ4n) is 1.72. The number of anilines is 1. The Bertz CT molecular complexity index is 519. The fourth-order valence-corrected chi connectivity index (χ4v) is 3.44. The van der Waals surface area contributed by atoms with Crippen LogP contribution in [0.5, 0.6) is 5.75 Å². The zero-order chi connectivity index (χ0) is 13.3. The molecule has 1 atom stereocenters. The Morgan fingerprint density at radius 1 is 1.56 bits per heavy atom. The van der Waals surface area contributed by atoms with Crippen molar-refractivity contribution >= 4 is 34.5 Å². The topological polar surface area (TPSA) is 69.6 Å². The van der Waals surface area contributed by atoms with E-state index in [9.17, 15) is 14.1 Å². The van der Waals surface area contributed by atoms with Gasteiger partial charge in [0.25, 0.3) is 5.91 Å². The molecule has 1 aromatic carbocycles. The van der Waals surface area contributed by atoms with Crippen molar-refractivity contribution in [1.29, 1.82) is 0 Å². The number of thioether (sulfide) groups is 1. The van der Waals surface area contributed by atoms with E-state index in [2.05, 4.69) is 4.72 Å². The molecule has 0 aliphatic carbocycles. The first kappa shape index (κ1) is 13.2. The Kier molecular flexibility index (Phi) is 3.82. The Morgan fingerprint density at radius 3 is 2.83 bits per heavy atom. The number of phenols is 1. The second kappa shape index (κ2) is 5.19. The number of carbonyl (C=O) groups is 1. The zero-order valence-electron chi connectivity index (χ0n) is 10.1. The molecule has 1 saturated heterocycles. The lowest BCUT2D eigenvalue weighted by Crippen LogP contribution is -2.22. The Balaban J connectivity index is 2.37. The van der Waals surface area contributed by atoms with E-state index in [1.54, 1.807) is 23.9 Å². The van der Waals surface area contributed by atoms with Gasteiger partial charge in [-0.2, -0.15) is 0 Å². The van der Waals surface area contributed by atoms with E-state index in [0.29, 0.717) is 5.69 Å². The first-order chi connectivity index (χ1) is 8.52. The van der Waals surface area contributed by atoms with Crippen LogP contribution in [0.15, 0.2) is 17.0 Å². The van der Waals surface area contributed by atoms with Gasteiger partial charge in [0.15, 0.2) is 0 Å². The average molecular weight is 286 g/mol. The lowest BCUT2D eigenvalue weighted by molar-refractivity contribution is -0.117. The first-order valence-corrected chi connectivity index (χ1v) is 7.57. The minimum atomic E-state index is -1.60. The van der Waals surface area contributed by atoms with Gasteiger partial charge in [0.2, 0.25) is 11.2 Å². The molecule has 1 aromatic rings. The average Bonchev–Trinajstić information content (AvgIpc) is 2.63. The van der Waals surface area contributed by atoms with E-state index in [1.807, 2.05) is 13.8 Å². The Labute approximate surface area is 112 Å². The molecule has 1 heterocycles. The smallest absolute Gasteiger partial charge is 0.253 e. The molecule has 1 fully saturated rings. The van der Waals surface area contributed by atoms with Crippen LogP contribution in [0.3, 0.4) is 0 Å². The van der Waals surface area contributed by atoms with Crippen molar-refractivity contribution in [3.05, 3.63) is 17.7 Å². The van der Waals surface area contributed by atoms with E-state index in [-0.39, 0.29) is 18.2 Å². The molecule has 1 unspecified atom stereocenters. The largest absolute Gasteiger partial charge is 0.506 e. The third-order valence-corrected chi connectivity index (χ3v) is 4.70. The summed E-state index contributed by atoms with van der Waals surface area (Å²) in [5.74, 6) is 0.647. The lowest BCUT2D eigenvalue weighted by atomic mass is 10.2. The van der Waals surface area contributed by atoms with Crippen molar-refractivity contribution in [2.45, 2.75) is 18.7 Å². The molecule has 1 aliphatic rings. The summed E-state index contributed by atoms with van der Waals surface area (Å²) >= 11 is 0.0281. The molecular formula is C11H14N2O3S2. The van der Waals surface area contributed by atoms with E-state index >= 15 is 0 Å². The highest BCUT2D eigenvalue weighted by Gasteiger charge is 2.29. The molecule has 2 rings (SSSR count). The zero-order valence-corrected chi connectivity index (χ0v) is 11.7. The number of nitrogens with zero attached hydrogens (tertiary/aromatic N) is 1. The van der Waals surface area contributed by atoms with Gasteiger partial charge in [-0.15, -0.1) is 11.8 Å². The summed E-state index contributed by atoms with van der Waals surface area (Å²) in [6.45, 7) is 3.96. The highest BCUT2D eigenvalue weighted by Crippen LogP contribution is 2.35. The van der Waals surface area contributed by atoms with E-state index in [1.165, 1.54) is 4.31 Å². The molecule has 0 spiro atoms. The van der Waals surface area contributed by atoms with E-state index < -0.39 is 11.2 Å². The molecular weight excluding hydrogens is 272 g/mol. The quantitative estimate of drug-likeness (QED) is 0.822. The number of hydrogen-bond acceptors (Lipinski definition) is 4. The molecule has 1 aliphatic heterocycles. The number of benzene rings is 1. The molecule has 0 saturated carbocycles. The van der Waals surface area contributed by atoms with E-state index in [4.69, 9.17) is 0 Å². The summed E-state index contributed by atoms with van der Waals surface area (Å²) in [5.41, 5.74) is 1.41.